The number of hydrogen-bond donors (Lipinski definition) is 0. The highest BCUT2D eigenvalue weighted by Crippen LogP contribution is 2.17. The molecule has 0 spiro atoms. The molecule has 0 saturated heterocycles. The summed E-state index contributed by atoms with van der Waals surface area (Å²) in [5.41, 5.74) is 1.82. The van der Waals surface area contributed by atoms with E-state index in [1.54, 1.807) is 24.7 Å². The number of rotatable bonds is 3. The Kier molecular flexibility index (Phi) is 3.64. The smallest absolute Gasteiger partial charge is 0.106 e. The van der Waals surface area contributed by atoms with Crippen LogP contribution in [0.4, 0.5) is 0 Å². The van der Waals surface area contributed by atoms with Crippen molar-refractivity contribution < 1.29 is 4.84 Å². The van der Waals surface area contributed by atoms with E-state index in [0.29, 0.717) is 0 Å². The van der Waals surface area contributed by atoms with Gasteiger partial charge in [0.15, 0.2) is 0 Å². The molecule has 1 aromatic rings. The minimum absolute atomic E-state index is 0.866. The van der Waals surface area contributed by atoms with Crippen LogP contribution < -0.4 is 0 Å². The Morgan fingerprint density at radius 2 is 2.38 bits per heavy atom. The van der Waals surface area contributed by atoms with Gasteiger partial charge in [0.1, 0.15) is 7.11 Å². The summed E-state index contributed by atoms with van der Waals surface area (Å²) in [6, 6.07) is 0. The van der Waals surface area contributed by atoms with E-state index < -0.39 is 0 Å². The van der Waals surface area contributed by atoms with Crippen molar-refractivity contribution in [3.8, 4) is 0 Å². The summed E-state index contributed by atoms with van der Waals surface area (Å²) in [7, 11) is 1.50. The molecule has 0 fully saturated rings. The van der Waals surface area contributed by atoms with E-state index >= 15 is 0 Å². The Bertz CT molecular complexity index is 336. The van der Waals surface area contributed by atoms with Gasteiger partial charge < -0.3 is 4.84 Å². The lowest BCUT2D eigenvalue weighted by Gasteiger charge is -2.00. The maximum Gasteiger partial charge on any atom is 0.106 e. The summed E-state index contributed by atoms with van der Waals surface area (Å²) in [5, 5.41) is 3.68. The quantitative estimate of drug-likeness (QED) is 0.601. The molecular weight excluding hydrogens is 232 g/mol. The van der Waals surface area contributed by atoms with Crippen LogP contribution in [-0.2, 0) is 4.84 Å². The van der Waals surface area contributed by atoms with Gasteiger partial charge in [-0.05, 0) is 15.9 Å². The molecule has 0 aliphatic rings. The van der Waals surface area contributed by atoms with Crippen LogP contribution in [0.1, 0.15) is 11.1 Å². The first-order valence-corrected chi connectivity index (χ1v) is 4.41. The minimum Gasteiger partial charge on any atom is -0.399 e. The standard InChI is InChI=1S/C9H9BrN2O/c1-3-7-4-11-6-9(10)8(7)5-12-13-2/h3-6H,1H2,2H3. The molecule has 0 aliphatic heterocycles. The summed E-state index contributed by atoms with van der Waals surface area (Å²) in [6.07, 6.45) is 6.75. The molecule has 1 rings (SSSR count). The van der Waals surface area contributed by atoms with Crippen LogP contribution in [0.15, 0.2) is 28.6 Å². The van der Waals surface area contributed by atoms with Gasteiger partial charge in [-0.3, -0.25) is 4.98 Å². The number of oxime groups is 1. The van der Waals surface area contributed by atoms with E-state index in [1.807, 2.05) is 0 Å². The normalized spacial score (nSPS) is 10.3. The number of pyridine rings is 1. The molecule has 1 aromatic heterocycles. The number of halogens is 1. The Labute approximate surface area is 85.3 Å². The molecule has 0 amide bonds. The van der Waals surface area contributed by atoms with Gasteiger partial charge in [0.2, 0.25) is 0 Å². The molecule has 13 heavy (non-hydrogen) atoms. The third-order valence-electron chi connectivity index (χ3n) is 1.48. The molecule has 0 N–H and O–H groups in total. The average Bonchev–Trinajstić information content (AvgIpc) is 2.15. The molecule has 0 aliphatic carbocycles. The van der Waals surface area contributed by atoms with Crippen LogP contribution in [0.3, 0.4) is 0 Å². The lowest BCUT2D eigenvalue weighted by atomic mass is 10.1. The van der Waals surface area contributed by atoms with Crippen LogP contribution in [0.5, 0.6) is 0 Å². The molecule has 0 bridgehead atoms. The van der Waals surface area contributed by atoms with Crippen LogP contribution in [-0.4, -0.2) is 18.3 Å². The first kappa shape index (κ1) is 9.92. The fourth-order valence-electron chi connectivity index (χ4n) is 0.864. The highest BCUT2D eigenvalue weighted by Gasteiger charge is 2.01. The van der Waals surface area contributed by atoms with Crippen LogP contribution >= 0.6 is 15.9 Å². The van der Waals surface area contributed by atoms with Crippen molar-refractivity contribution in [1.82, 2.24) is 4.98 Å². The zero-order chi connectivity index (χ0) is 9.68. The molecule has 3 nitrogen and oxygen atoms in total. The summed E-state index contributed by atoms with van der Waals surface area (Å²) in [6.45, 7) is 3.68. The zero-order valence-corrected chi connectivity index (χ0v) is 8.78. The lowest BCUT2D eigenvalue weighted by molar-refractivity contribution is 0.215. The molecule has 0 radical (unpaired) electrons. The third-order valence-corrected chi connectivity index (χ3v) is 2.11. The predicted octanol–water partition coefficient (Wildman–Crippen LogP) is 2.47. The molecule has 0 saturated carbocycles. The third kappa shape index (κ3) is 2.39. The topological polar surface area (TPSA) is 34.5 Å². The lowest BCUT2D eigenvalue weighted by Crippen LogP contribution is -1.91. The van der Waals surface area contributed by atoms with E-state index in [0.717, 1.165) is 15.6 Å². The summed E-state index contributed by atoms with van der Waals surface area (Å²) in [5.74, 6) is 0. The van der Waals surface area contributed by atoms with Crippen molar-refractivity contribution in [2.45, 2.75) is 0 Å². The van der Waals surface area contributed by atoms with Crippen molar-refractivity contribution in [2.24, 2.45) is 5.16 Å². The van der Waals surface area contributed by atoms with Crippen LogP contribution in [0, 0.1) is 0 Å². The maximum atomic E-state index is 4.59. The van der Waals surface area contributed by atoms with Crippen LogP contribution in [0.25, 0.3) is 6.08 Å². The Balaban J connectivity index is 3.14. The first-order valence-electron chi connectivity index (χ1n) is 3.62. The van der Waals surface area contributed by atoms with Gasteiger partial charge >= 0.3 is 0 Å². The van der Waals surface area contributed by atoms with Gasteiger partial charge in [-0.2, -0.15) is 0 Å². The molecule has 0 atom stereocenters. The van der Waals surface area contributed by atoms with E-state index in [9.17, 15) is 0 Å². The Morgan fingerprint density at radius 1 is 1.62 bits per heavy atom. The molecule has 1 heterocycles. The second-order valence-electron chi connectivity index (χ2n) is 2.25. The fourth-order valence-corrected chi connectivity index (χ4v) is 1.31. The van der Waals surface area contributed by atoms with E-state index in [2.05, 4.69) is 37.5 Å². The van der Waals surface area contributed by atoms with Gasteiger partial charge in [-0.15, -0.1) is 0 Å². The Hall–Kier alpha value is -1.16. The zero-order valence-electron chi connectivity index (χ0n) is 7.20. The fraction of sp³-hybridized carbons (Fsp3) is 0.111. The van der Waals surface area contributed by atoms with Crippen molar-refractivity contribution in [3.05, 3.63) is 34.6 Å². The summed E-state index contributed by atoms with van der Waals surface area (Å²) < 4.78 is 0.866. The average molecular weight is 241 g/mol. The molecule has 68 valence electrons. The SMILES string of the molecule is C=Cc1cncc(Br)c1C=NOC. The largest absolute Gasteiger partial charge is 0.399 e. The highest BCUT2D eigenvalue weighted by atomic mass is 79.9. The van der Waals surface area contributed by atoms with Gasteiger partial charge in [0, 0.05) is 28.0 Å². The molecule has 0 aromatic carbocycles. The monoisotopic (exact) mass is 240 g/mol. The molecular formula is C9H9BrN2O. The number of aromatic nitrogens is 1. The van der Waals surface area contributed by atoms with Crippen molar-refractivity contribution >= 4 is 28.2 Å². The van der Waals surface area contributed by atoms with Crippen molar-refractivity contribution in [1.29, 1.82) is 0 Å². The summed E-state index contributed by atoms with van der Waals surface area (Å²) in [4.78, 5) is 8.60. The van der Waals surface area contributed by atoms with Crippen molar-refractivity contribution in [3.63, 3.8) is 0 Å². The van der Waals surface area contributed by atoms with Crippen LogP contribution in [0.2, 0.25) is 0 Å². The Morgan fingerprint density at radius 3 is 3.00 bits per heavy atom. The molecule has 4 heteroatoms. The van der Waals surface area contributed by atoms with E-state index in [4.69, 9.17) is 0 Å². The van der Waals surface area contributed by atoms with Crippen molar-refractivity contribution in [2.75, 3.05) is 7.11 Å². The first-order chi connectivity index (χ1) is 6.29. The van der Waals surface area contributed by atoms with Gasteiger partial charge in [-0.25, -0.2) is 0 Å². The van der Waals surface area contributed by atoms with E-state index in [-0.39, 0.29) is 0 Å². The van der Waals surface area contributed by atoms with Gasteiger partial charge in [-0.1, -0.05) is 17.8 Å². The van der Waals surface area contributed by atoms with E-state index in [1.165, 1.54) is 7.11 Å². The predicted molar refractivity (Wildman–Crippen MR) is 56.6 cm³/mol. The minimum atomic E-state index is 0.866. The maximum absolute atomic E-state index is 4.59. The number of nitrogens with zero attached hydrogens (tertiary/aromatic N) is 2. The van der Waals surface area contributed by atoms with Gasteiger partial charge in [0.05, 0.1) is 6.21 Å². The molecule has 0 unspecified atom stereocenters. The second-order valence-corrected chi connectivity index (χ2v) is 3.10. The number of hydrogen-bond acceptors (Lipinski definition) is 3. The summed E-state index contributed by atoms with van der Waals surface area (Å²) >= 11 is 3.36. The van der Waals surface area contributed by atoms with Gasteiger partial charge in [0.25, 0.3) is 0 Å². The second kappa shape index (κ2) is 4.77. The highest BCUT2D eigenvalue weighted by molar-refractivity contribution is 9.10.